The molecule has 1 N–H and O–H groups in total. The SMILES string of the molecule is O=c1c(OCCN2CCOCC2)cccn1CC1CCNCC1. The average Bonchev–Trinajstić information content (AvgIpc) is 2.60. The van der Waals surface area contributed by atoms with Crippen LogP contribution in [0.5, 0.6) is 5.75 Å². The molecule has 0 bridgehead atoms. The molecule has 2 saturated heterocycles. The van der Waals surface area contributed by atoms with Gasteiger partial charge in [0.25, 0.3) is 5.56 Å². The molecule has 0 spiro atoms. The summed E-state index contributed by atoms with van der Waals surface area (Å²) < 4.78 is 12.9. The Kier molecular flexibility index (Phi) is 6.07. The summed E-state index contributed by atoms with van der Waals surface area (Å²) in [6.45, 7) is 7.74. The average molecular weight is 321 g/mol. The predicted octanol–water partition coefficient (Wildman–Crippen LogP) is 0.559. The van der Waals surface area contributed by atoms with E-state index in [0.717, 1.165) is 65.3 Å². The van der Waals surface area contributed by atoms with Crippen LogP contribution >= 0.6 is 0 Å². The first-order valence-electron chi connectivity index (χ1n) is 8.66. The van der Waals surface area contributed by atoms with E-state index in [4.69, 9.17) is 9.47 Å². The molecule has 1 aromatic heterocycles. The third kappa shape index (κ3) is 4.80. The van der Waals surface area contributed by atoms with Gasteiger partial charge in [-0.25, -0.2) is 0 Å². The molecule has 6 heteroatoms. The molecule has 3 heterocycles. The highest BCUT2D eigenvalue weighted by Crippen LogP contribution is 2.14. The summed E-state index contributed by atoms with van der Waals surface area (Å²) in [6, 6.07) is 3.69. The van der Waals surface area contributed by atoms with Gasteiger partial charge in [0.2, 0.25) is 0 Å². The number of nitrogens with zero attached hydrogens (tertiary/aromatic N) is 2. The van der Waals surface area contributed by atoms with Gasteiger partial charge >= 0.3 is 0 Å². The maximum absolute atomic E-state index is 12.5. The molecule has 0 amide bonds. The molecule has 128 valence electrons. The number of pyridine rings is 1. The zero-order valence-electron chi connectivity index (χ0n) is 13.7. The van der Waals surface area contributed by atoms with Crippen molar-refractivity contribution in [1.82, 2.24) is 14.8 Å². The number of piperidine rings is 1. The highest BCUT2D eigenvalue weighted by Gasteiger charge is 2.15. The van der Waals surface area contributed by atoms with Crippen LogP contribution in [-0.4, -0.2) is 62.0 Å². The van der Waals surface area contributed by atoms with Gasteiger partial charge in [-0.05, 0) is 44.0 Å². The van der Waals surface area contributed by atoms with Gasteiger partial charge in [0.05, 0.1) is 13.2 Å². The lowest BCUT2D eigenvalue weighted by Crippen LogP contribution is -2.39. The first kappa shape index (κ1) is 16.5. The normalized spacial score (nSPS) is 20.5. The van der Waals surface area contributed by atoms with Crippen molar-refractivity contribution in [3.05, 3.63) is 28.7 Å². The van der Waals surface area contributed by atoms with Crippen molar-refractivity contribution in [3.8, 4) is 5.75 Å². The Bertz CT molecular complexity index is 534. The second-order valence-electron chi connectivity index (χ2n) is 6.33. The number of ether oxygens (including phenoxy) is 2. The van der Waals surface area contributed by atoms with Gasteiger partial charge in [0.1, 0.15) is 6.61 Å². The molecule has 0 saturated carbocycles. The third-order valence-corrected chi connectivity index (χ3v) is 4.67. The van der Waals surface area contributed by atoms with Gasteiger partial charge in [-0.1, -0.05) is 0 Å². The molecule has 2 aliphatic heterocycles. The topological polar surface area (TPSA) is 55.7 Å². The Labute approximate surface area is 137 Å². The third-order valence-electron chi connectivity index (χ3n) is 4.67. The van der Waals surface area contributed by atoms with Crippen LogP contribution in [0.15, 0.2) is 23.1 Å². The molecule has 0 unspecified atom stereocenters. The van der Waals surface area contributed by atoms with Crippen LogP contribution in [0.3, 0.4) is 0 Å². The number of morpholine rings is 1. The highest BCUT2D eigenvalue weighted by molar-refractivity contribution is 5.17. The van der Waals surface area contributed by atoms with Crippen molar-refractivity contribution >= 4 is 0 Å². The largest absolute Gasteiger partial charge is 0.487 e. The minimum Gasteiger partial charge on any atom is -0.487 e. The summed E-state index contributed by atoms with van der Waals surface area (Å²) in [5.74, 6) is 1.05. The van der Waals surface area contributed by atoms with Gasteiger partial charge in [0, 0.05) is 32.4 Å². The van der Waals surface area contributed by atoms with Crippen LogP contribution in [0.25, 0.3) is 0 Å². The molecule has 3 rings (SSSR count). The monoisotopic (exact) mass is 321 g/mol. The Morgan fingerprint density at radius 1 is 1.26 bits per heavy atom. The number of hydrogen-bond acceptors (Lipinski definition) is 5. The fourth-order valence-corrected chi connectivity index (χ4v) is 3.22. The zero-order chi connectivity index (χ0) is 15.9. The fraction of sp³-hybridized carbons (Fsp3) is 0.706. The quantitative estimate of drug-likeness (QED) is 0.830. The Morgan fingerprint density at radius 3 is 2.83 bits per heavy atom. The molecule has 0 aliphatic carbocycles. The van der Waals surface area contributed by atoms with E-state index >= 15 is 0 Å². The molecule has 0 aromatic carbocycles. The van der Waals surface area contributed by atoms with Crippen LogP contribution in [0.2, 0.25) is 0 Å². The number of aromatic nitrogens is 1. The molecule has 23 heavy (non-hydrogen) atoms. The van der Waals surface area contributed by atoms with E-state index in [2.05, 4.69) is 10.2 Å². The van der Waals surface area contributed by atoms with E-state index in [1.807, 2.05) is 12.3 Å². The van der Waals surface area contributed by atoms with E-state index in [1.165, 1.54) is 0 Å². The van der Waals surface area contributed by atoms with E-state index in [9.17, 15) is 4.79 Å². The first-order valence-corrected chi connectivity index (χ1v) is 8.66. The van der Waals surface area contributed by atoms with Gasteiger partial charge < -0.3 is 19.4 Å². The van der Waals surface area contributed by atoms with Crippen molar-refractivity contribution in [1.29, 1.82) is 0 Å². The first-order chi connectivity index (χ1) is 11.3. The summed E-state index contributed by atoms with van der Waals surface area (Å²) >= 11 is 0. The maximum atomic E-state index is 12.5. The number of rotatable bonds is 6. The Balaban J connectivity index is 1.52. The number of hydrogen-bond donors (Lipinski definition) is 1. The summed E-state index contributed by atoms with van der Waals surface area (Å²) in [4.78, 5) is 14.8. The van der Waals surface area contributed by atoms with Crippen molar-refractivity contribution in [2.24, 2.45) is 5.92 Å². The van der Waals surface area contributed by atoms with Crippen molar-refractivity contribution in [3.63, 3.8) is 0 Å². The van der Waals surface area contributed by atoms with Crippen LogP contribution in [0, 0.1) is 5.92 Å². The van der Waals surface area contributed by atoms with Gasteiger partial charge in [-0.15, -0.1) is 0 Å². The fourth-order valence-electron chi connectivity index (χ4n) is 3.22. The van der Waals surface area contributed by atoms with Gasteiger partial charge in [0.15, 0.2) is 5.75 Å². The number of nitrogens with one attached hydrogen (secondary N) is 1. The molecular formula is C17H27N3O3. The zero-order valence-corrected chi connectivity index (χ0v) is 13.7. The molecule has 1 aromatic rings. The van der Waals surface area contributed by atoms with E-state index in [1.54, 1.807) is 10.6 Å². The summed E-state index contributed by atoms with van der Waals surface area (Å²) in [7, 11) is 0. The van der Waals surface area contributed by atoms with Crippen molar-refractivity contribution in [2.45, 2.75) is 19.4 Å². The molecule has 2 fully saturated rings. The second kappa shape index (κ2) is 8.47. The van der Waals surface area contributed by atoms with Crippen LogP contribution in [0.4, 0.5) is 0 Å². The lowest BCUT2D eigenvalue weighted by Gasteiger charge is -2.26. The maximum Gasteiger partial charge on any atom is 0.292 e. The molecule has 2 aliphatic rings. The van der Waals surface area contributed by atoms with Crippen molar-refractivity contribution in [2.75, 3.05) is 52.5 Å². The standard InChI is InChI=1S/C17H27N3O3/c21-17-16(23-13-10-19-8-11-22-12-9-19)2-1-7-20(17)14-15-3-5-18-6-4-15/h1-2,7,15,18H,3-6,8-14H2. The highest BCUT2D eigenvalue weighted by atomic mass is 16.5. The molecule has 6 nitrogen and oxygen atoms in total. The minimum atomic E-state index is -0.00647. The summed E-state index contributed by atoms with van der Waals surface area (Å²) in [5, 5.41) is 3.36. The summed E-state index contributed by atoms with van der Waals surface area (Å²) in [6.07, 6.45) is 4.14. The minimum absolute atomic E-state index is 0.00647. The lowest BCUT2D eigenvalue weighted by molar-refractivity contribution is 0.0321. The van der Waals surface area contributed by atoms with Gasteiger partial charge in [-0.3, -0.25) is 9.69 Å². The Morgan fingerprint density at radius 2 is 2.04 bits per heavy atom. The van der Waals surface area contributed by atoms with E-state index in [-0.39, 0.29) is 5.56 Å². The lowest BCUT2D eigenvalue weighted by atomic mass is 9.98. The van der Waals surface area contributed by atoms with E-state index in [0.29, 0.717) is 18.3 Å². The predicted molar refractivity (Wildman–Crippen MR) is 89.0 cm³/mol. The summed E-state index contributed by atoms with van der Waals surface area (Å²) in [5.41, 5.74) is -0.00647. The van der Waals surface area contributed by atoms with E-state index < -0.39 is 0 Å². The van der Waals surface area contributed by atoms with Gasteiger partial charge in [-0.2, -0.15) is 0 Å². The molecule has 0 radical (unpaired) electrons. The molecule has 0 atom stereocenters. The second-order valence-corrected chi connectivity index (χ2v) is 6.33. The van der Waals surface area contributed by atoms with Crippen LogP contribution < -0.4 is 15.6 Å². The Hall–Kier alpha value is -1.37. The van der Waals surface area contributed by atoms with Crippen LogP contribution in [-0.2, 0) is 11.3 Å². The molecular weight excluding hydrogens is 294 g/mol. The van der Waals surface area contributed by atoms with Crippen molar-refractivity contribution < 1.29 is 9.47 Å². The smallest absolute Gasteiger partial charge is 0.292 e. The van der Waals surface area contributed by atoms with Crippen LogP contribution in [0.1, 0.15) is 12.8 Å².